The van der Waals surface area contributed by atoms with Gasteiger partial charge >= 0.3 is 0 Å². The summed E-state index contributed by atoms with van der Waals surface area (Å²) in [5, 5.41) is 10.7. The van der Waals surface area contributed by atoms with Crippen molar-refractivity contribution in [1.82, 2.24) is 5.32 Å². The summed E-state index contributed by atoms with van der Waals surface area (Å²) in [5.74, 6) is -0.911. The molecule has 2 atom stereocenters. The molecule has 1 fully saturated rings. The first-order valence-electron chi connectivity index (χ1n) is 7.24. The van der Waals surface area contributed by atoms with Gasteiger partial charge in [-0.25, -0.2) is 0 Å². The van der Waals surface area contributed by atoms with Gasteiger partial charge in [-0.1, -0.05) is 30.3 Å². The second-order valence-electron chi connectivity index (χ2n) is 5.35. The number of ketones is 1. The van der Waals surface area contributed by atoms with Crippen LogP contribution in [0.15, 0.2) is 54.6 Å². The molecule has 0 bridgehead atoms. The molecular formula is C18H16N2O3. The van der Waals surface area contributed by atoms with Gasteiger partial charge < -0.3 is 10.1 Å². The Morgan fingerprint density at radius 2 is 1.74 bits per heavy atom. The predicted octanol–water partition coefficient (Wildman–Crippen LogP) is 2.38. The highest BCUT2D eigenvalue weighted by Gasteiger charge is 2.43. The molecule has 116 valence electrons. The number of ether oxygens (including phenoxy) is 1. The number of hydrogen-bond acceptors (Lipinski definition) is 4. The smallest absolute Gasteiger partial charge is 0.266 e. The van der Waals surface area contributed by atoms with Crippen LogP contribution in [0.1, 0.15) is 22.0 Å². The molecule has 0 aromatic heterocycles. The lowest BCUT2D eigenvalue weighted by Crippen LogP contribution is -2.26. The van der Waals surface area contributed by atoms with Crippen molar-refractivity contribution in [2.45, 2.75) is 6.04 Å². The van der Waals surface area contributed by atoms with Crippen LogP contribution in [0, 0.1) is 11.3 Å². The lowest BCUT2D eigenvalue weighted by molar-refractivity contribution is -0.114. The van der Waals surface area contributed by atoms with Crippen LogP contribution in [-0.4, -0.2) is 24.5 Å². The highest BCUT2D eigenvalue weighted by molar-refractivity contribution is 6.45. The fourth-order valence-electron chi connectivity index (χ4n) is 2.76. The van der Waals surface area contributed by atoms with Gasteiger partial charge in [0.25, 0.3) is 5.91 Å². The van der Waals surface area contributed by atoms with Gasteiger partial charge in [-0.2, -0.15) is 0 Å². The average molecular weight is 308 g/mol. The normalized spacial score (nSPS) is 20.2. The molecule has 1 saturated heterocycles. The molecule has 2 N–H and O–H groups in total. The number of nitrogens with one attached hydrogen (secondary N) is 2. The lowest BCUT2D eigenvalue weighted by atomic mass is 9.86. The molecule has 1 aliphatic heterocycles. The van der Waals surface area contributed by atoms with Crippen LogP contribution in [0.2, 0.25) is 0 Å². The van der Waals surface area contributed by atoms with Gasteiger partial charge in [-0.05, 0) is 29.8 Å². The van der Waals surface area contributed by atoms with Gasteiger partial charge in [0.2, 0.25) is 0 Å². The summed E-state index contributed by atoms with van der Waals surface area (Å²) in [6, 6.07) is 15.4. The third-order valence-electron chi connectivity index (χ3n) is 3.99. The zero-order valence-corrected chi connectivity index (χ0v) is 12.6. The Labute approximate surface area is 133 Å². The number of benzene rings is 2. The summed E-state index contributed by atoms with van der Waals surface area (Å²) in [6.07, 6.45) is 0. The monoisotopic (exact) mass is 308 g/mol. The molecule has 1 aliphatic rings. The van der Waals surface area contributed by atoms with Gasteiger partial charge in [0, 0.05) is 5.56 Å². The fourth-order valence-corrected chi connectivity index (χ4v) is 2.76. The van der Waals surface area contributed by atoms with Crippen LogP contribution in [0.4, 0.5) is 0 Å². The second kappa shape index (κ2) is 6.04. The van der Waals surface area contributed by atoms with E-state index in [2.05, 4.69) is 5.32 Å². The largest absolute Gasteiger partial charge is 0.497 e. The van der Waals surface area contributed by atoms with E-state index >= 15 is 0 Å². The summed E-state index contributed by atoms with van der Waals surface area (Å²) < 4.78 is 5.08. The molecule has 5 heteroatoms. The lowest BCUT2D eigenvalue weighted by Gasteiger charge is -2.18. The number of rotatable bonds is 4. The number of carbonyl (C=O) groups excluding carboxylic acids is 2. The standard InChI is InChI=1S/C18H16N2O3/c1-23-13-9-7-12(8-10-13)17(21)14-15(19)18(22)20-16(14)11-5-3-2-4-6-11/h2-10,14,16,19H,1H3,(H,20,22)/t14-,16+/m0/s1. The van der Waals surface area contributed by atoms with E-state index in [1.54, 1.807) is 31.4 Å². The van der Waals surface area contributed by atoms with Gasteiger partial charge in [0.1, 0.15) is 11.5 Å². The van der Waals surface area contributed by atoms with Crippen molar-refractivity contribution in [2.75, 3.05) is 7.11 Å². The Morgan fingerprint density at radius 1 is 1.09 bits per heavy atom. The molecular weight excluding hydrogens is 292 g/mol. The van der Waals surface area contributed by atoms with Crippen LogP contribution in [-0.2, 0) is 4.79 Å². The number of Topliss-reactive ketones (excluding diaryl/α,β-unsaturated/α-hetero) is 1. The van der Waals surface area contributed by atoms with E-state index in [9.17, 15) is 9.59 Å². The van der Waals surface area contributed by atoms with Crippen molar-refractivity contribution >= 4 is 17.4 Å². The molecule has 0 aliphatic carbocycles. The summed E-state index contributed by atoms with van der Waals surface area (Å²) in [5.41, 5.74) is 1.08. The topological polar surface area (TPSA) is 79.2 Å². The summed E-state index contributed by atoms with van der Waals surface area (Å²) in [6.45, 7) is 0. The van der Waals surface area contributed by atoms with Crippen molar-refractivity contribution in [1.29, 1.82) is 5.41 Å². The van der Waals surface area contributed by atoms with E-state index in [-0.39, 0.29) is 11.5 Å². The van der Waals surface area contributed by atoms with Crippen LogP contribution in [0.3, 0.4) is 0 Å². The molecule has 2 aromatic carbocycles. The van der Waals surface area contributed by atoms with Crippen molar-refractivity contribution in [3.63, 3.8) is 0 Å². The number of hydrogen-bond donors (Lipinski definition) is 2. The van der Waals surface area contributed by atoms with E-state index < -0.39 is 17.9 Å². The van der Waals surface area contributed by atoms with Gasteiger partial charge in [-0.15, -0.1) is 0 Å². The van der Waals surface area contributed by atoms with Crippen molar-refractivity contribution in [3.8, 4) is 5.75 Å². The van der Waals surface area contributed by atoms with Crippen molar-refractivity contribution in [3.05, 3.63) is 65.7 Å². The molecule has 1 amide bonds. The van der Waals surface area contributed by atoms with Gasteiger partial charge in [0.05, 0.1) is 19.1 Å². The highest BCUT2D eigenvalue weighted by Crippen LogP contribution is 2.31. The van der Waals surface area contributed by atoms with Crippen LogP contribution < -0.4 is 10.1 Å². The Morgan fingerprint density at radius 3 is 2.35 bits per heavy atom. The van der Waals surface area contributed by atoms with E-state index in [4.69, 9.17) is 10.1 Å². The van der Waals surface area contributed by atoms with Crippen molar-refractivity contribution < 1.29 is 14.3 Å². The zero-order chi connectivity index (χ0) is 16.4. The minimum absolute atomic E-state index is 0.195. The second-order valence-corrected chi connectivity index (χ2v) is 5.35. The minimum Gasteiger partial charge on any atom is -0.497 e. The zero-order valence-electron chi connectivity index (χ0n) is 12.6. The summed E-state index contributed by atoms with van der Waals surface area (Å²) in [4.78, 5) is 24.7. The SMILES string of the molecule is COc1ccc(C(=O)[C@H]2C(=N)C(=O)N[C@@H]2c2ccccc2)cc1. The average Bonchev–Trinajstić information content (AvgIpc) is 2.90. The van der Waals surface area contributed by atoms with Gasteiger partial charge in [-0.3, -0.25) is 15.0 Å². The summed E-state index contributed by atoms with van der Waals surface area (Å²) in [7, 11) is 1.55. The Kier molecular flexibility index (Phi) is 3.93. The highest BCUT2D eigenvalue weighted by atomic mass is 16.5. The third kappa shape index (κ3) is 2.73. The van der Waals surface area contributed by atoms with Crippen LogP contribution in [0.25, 0.3) is 0 Å². The molecule has 1 heterocycles. The molecule has 2 aromatic rings. The molecule has 23 heavy (non-hydrogen) atoms. The minimum atomic E-state index is -0.821. The Balaban J connectivity index is 1.95. The van der Waals surface area contributed by atoms with Crippen LogP contribution in [0.5, 0.6) is 5.75 Å². The predicted molar refractivity (Wildman–Crippen MR) is 85.9 cm³/mol. The Bertz CT molecular complexity index is 754. The Hall–Kier alpha value is -2.95. The molecule has 3 rings (SSSR count). The van der Waals surface area contributed by atoms with E-state index in [0.29, 0.717) is 11.3 Å². The van der Waals surface area contributed by atoms with Crippen LogP contribution >= 0.6 is 0 Å². The van der Waals surface area contributed by atoms with Crippen molar-refractivity contribution in [2.24, 2.45) is 5.92 Å². The quantitative estimate of drug-likeness (QED) is 0.851. The first kappa shape index (κ1) is 15.0. The fraction of sp³-hybridized carbons (Fsp3) is 0.167. The van der Waals surface area contributed by atoms with E-state index in [1.165, 1.54) is 0 Å². The maximum atomic E-state index is 12.8. The maximum absolute atomic E-state index is 12.8. The number of amides is 1. The van der Waals surface area contributed by atoms with E-state index in [0.717, 1.165) is 5.56 Å². The third-order valence-corrected chi connectivity index (χ3v) is 3.99. The first-order valence-corrected chi connectivity index (χ1v) is 7.24. The number of methoxy groups -OCH3 is 1. The van der Waals surface area contributed by atoms with Gasteiger partial charge in [0.15, 0.2) is 5.78 Å². The molecule has 0 saturated carbocycles. The molecule has 5 nitrogen and oxygen atoms in total. The molecule has 0 radical (unpaired) electrons. The maximum Gasteiger partial charge on any atom is 0.266 e. The molecule has 0 spiro atoms. The molecule has 0 unspecified atom stereocenters. The van der Waals surface area contributed by atoms with E-state index in [1.807, 2.05) is 30.3 Å². The number of carbonyl (C=O) groups is 2. The first-order chi connectivity index (χ1) is 11.1. The summed E-state index contributed by atoms with van der Waals surface area (Å²) >= 11 is 0.